The topological polar surface area (TPSA) is 88.3 Å². The average Bonchev–Trinajstić information content (AvgIpc) is 2.62. The van der Waals surface area contributed by atoms with Crippen LogP contribution in [-0.4, -0.2) is 27.1 Å². The van der Waals surface area contributed by atoms with Crippen molar-refractivity contribution in [2.45, 2.75) is 25.2 Å². The summed E-state index contributed by atoms with van der Waals surface area (Å²) in [5.41, 5.74) is 2.94. The molecule has 0 saturated heterocycles. The lowest BCUT2D eigenvalue weighted by molar-refractivity contribution is 0.414. The number of hydrogen-bond donors (Lipinski definition) is 2. The number of pyridine rings is 1. The number of benzene rings is 2. The van der Waals surface area contributed by atoms with Crippen LogP contribution in [0, 0.1) is 13.8 Å². The number of ether oxygens (including phenoxy) is 1. The first kappa shape index (κ1) is 19.1. The van der Waals surface area contributed by atoms with Crippen LogP contribution in [-0.2, 0) is 16.4 Å². The number of nitrogens with one attached hydrogen (secondary N) is 2. The highest BCUT2D eigenvalue weighted by atomic mass is 32.2. The van der Waals surface area contributed by atoms with E-state index in [1.807, 2.05) is 24.3 Å². The van der Waals surface area contributed by atoms with Gasteiger partial charge in [-0.2, -0.15) is 0 Å². The molecule has 2 aromatic carbocycles. The second kappa shape index (κ2) is 7.54. The van der Waals surface area contributed by atoms with Crippen molar-refractivity contribution in [3.05, 3.63) is 69.5 Å². The van der Waals surface area contributed by atoms with Gasteiger partial charge in [-0.1, -0.05) is 6.07 Å². The Bertz CT molecular complexity index is 1150. The van der Waals surface area contributed by atoms with Gasteiger partial charge < -0.3 is 9.72 Å². The molecular formula is C20H22N2O4S. The van der Waals surface area contributed by atoms with Gasteiger partial charge in [-0.05, 0) is 73.2 Å². The molecule has 0 bridgehead atoms. The van der Waals surface area contributed by atoms with E-state index in [4.69, 9.17) is 4.74 Å². The first-order valence-electron chi connectivity index (χ1n) is 8.57. The quantitative estimate of drug-likeness (QED) is 0.682. The summed E-state index contributed by atoms with van der Waals surface area (Å²) < 4.78 is 32.9. The summed E-state index contributed by atoms with van der Waals surface area (Å²) in [7, 11) is -2.05. The molecule has 0 amide bonds. The van der Waals surface area contributed by atoms with Crippen molar-refractivity contribution >= 4 is 20.9 Å². The van der Waals surface area contributed by atoms with Gasteiger partial charge in [0.05, 0.1) is 12.0 Å². The standard InChI is InChI=1S/C20H22N2O4S/c1-13-11-17(26-3)5-7-19(13)27(24,25)21-9-8-15-4-6-18-16(12-15)10-14(2)20(23)22-18/h4-7,10-12,21H,8-9H2,1-3H3,(H,22,23). The van der Waals surface area contributed by atoms with Crippen molar-refractivity contribution in [3.8, 4) is 5.75 Å². The number of aryl methyl sites for hydroxylation is 2. The van der Waals surface area contributed by atoms with Crippen molar-refractivity contribution in [2.75, 3.05) is 13.7 Å². The van der Waals surface area contributed by atoms with E-state index < -0.39 is 10.0 Å². The molecule has 0 spiro atoms. The van der Waals surface area contributed by atoms with E-state index in [0.717, 1.165) is 16.5 Å². The third kappa shape index (κ3) is 4.20. The molecule has 7 heteroatoms. The Morgan fingerprint density at radius 3 is 2.52 bits per heavy atom. The van der Waals surface area contributed by atoms with Crippen LogP contribution in [0.1, 0.15) is 16.7 Å². The van der Waals surface area contributed by atoms with Crippen molar-refractivity contribution in [2.24, 2.45) is 0 Å². The molecule has 6 nitrogen and oxygen atoms in total. The molecule has 0 aliphatic heterocycles. The zero-order chi connectivity index (χ0) is 19.6. The highest BCUT2D eigenvalue weighted by molar-refractivity contribution is 7.89. The molecule has 0 atom stereocenters. The Kier molecular flexibility index (Phi) is 5.34. The maximum absolute atomic E-state index is 12.5. The zero-order valence-corrected chi connectivity index (χ0v) is 16.3. The Balaban J connectivity index is 1.72. The lowest BCUT2D eigenvalue weighted by atomic mass is 10.1. The summed E-state index contributed by atoms with van der Waals surface area (Å²) in [4.78, 5) is 14.7. The summed E-state index contributed by atoms with van der Waals surface area (Å²) in [6, 6.07) is 12.4. The van der Waals surface area contributed by atoms with E-state index in [2.05, 4.69) is 9.71 Å². The first-order chi connectivity index (χ1) is 12.8. The van der Waals surface area contributed by atoms with Crippen LogP contribution >= 0.6 is 0 Å². The minimum Gasteiger partial charge on any atom is -0.497 e. The fourth-order valence-electron chi connectivity index (χ4n) is 2.98. The third-order valence-corrected chi connectivity index (χ3v) is 6.09. The minimum absolute atomic E-state index is 0.0992. The van der Waals surface area contributed by atoms with Crippen LogP contribution in [0.2, 0.25) is 0 Å². The van der Waals surface area contributed by atoms with Gasteiger partial charge in [0.2, 0.25) is 10.0 Å². The lowest BCUT2D eigenvalue weighted by Crippen LogP contribution is -2.26. The fraction of sp³-hybridized carbons (Fsp3) is 0.250. The van der Waals surface area contributed by atoms with Gasteiger partial charge in [0, 0.05) is 17.6 Å². The molecule has 1 heterocycles. The Hall–Kier alpha value is -2.64. The van der Waals surface area contributed by atoms with E-state index >= 15 is 0 Å². The van der Waals surface area contributed by atoms with Crippen LogP contribution < -0.4 is 15.0 Å². The number of fused-ring (bicyclic) bond motifs is 1. The molecule has 0 aliphatic rings. The first-order valence-corrected chi connectivity index (χ1v) is 10.1. The molecule has 2 N–H and O–H groups in total. The summed E-state index contributed by atoms with van der Waals surface area (Å²) in [6.45, 7) is 3.78. The number of rotatable bonds is 6. The predicted octanol–water partition coefficient (Wildman–Crippen LogP) is 2.67. The van der Waals surface area contributed by atoms with Gasteiger partial charge in [-0.15, -0.1) is 0 Å². The van der Waals surface area contributed by atoms with E-state index in [0.29, 0.717) is 23.3 Å². The molecule has 0 radical (unpaired) electrons. The van der Waals surface area contributed by atoms with Gasteiger partial charge in [0.1, 0.15) is 5.75 Å². The zero-order valence-electron chi connectivity index (χ0n) is 15.5. The molecule has 1 aromatic heterocycles. The van der Waals surface area contributed by atoms with Crippen LogP contribution in [0.25, 0.3) is 10.9 Å². The minimum atomic E-state index is -3.59. The van der Waals surface area contributed by atoms with Crippen molar-refractivity contribution in [3.63, 3.8) is 0 Å². The number of aromatic amines is 1. The third-order valence-electron chi connectivity index (χ3n) is 4.47. The number of hydrogen-bond acceptors (Lipinski definition) is 4. The highest BCUT2D eigenvalue weighted by Gasteiger charge is 2.16. The van der Waals surface area contributed by atoms with Gasteiger partial charge in [0.15, 0.2) is 0 Å². The summed E-state index contributed by atoms with van der Waals surface area (Å²) in [5, 5.41) is 0.929. The van der Waals surface area contributed by atoms with E-state index in [-0.39, 0.29) is 17.0 Å². The Morgan fingerprint density at radius 2 is 1.81 bits per heavy atom. The number of H-pyrrole nitrogens is 1. The van der Waals surface area contributed by atoms with Gasteiger partial charge in [-0.3, -0.25) is 4.79 Å². The fourth-order valence-corrected chi connectivity index (χ4v) is 4.23. The molecular weight excluding hydrogens is 364 g/mol. The number of methoxy groups -OCH3 is 1. The second-order valence-electron chi connectivity index (χ2n) is 6.48. The SMILES string of the molecule is COc1ccc(S(=O)(=O)NCCc2ccc3[nH]c(=O)c(C)cc3c2)c(C)c1. The van der Waals surface area contributed by atoms with Crippen LogP contribution in [0.3, 0.4) is 0 Å². The molecule has 142 valence electrons. The van der Waals surface area contributed by atoms with Crippen molar-refractivity contribution in [1.82, 2.24) is 9.71 Å². The molecule has 0 saturated carbocycles. The van der Waals surface area contributed by atoms with Crippen LogP contribution in [0.4, 0.5) is 0 Å². The summed E-state index contributed by atoms with van der Waals surface area (Å²) in [5.74, 6) is 0.621. The molecule has 3 rings (SSSR count). The lowest BCUT2D eigenvalue weighted by Gasteiger charge is -2.11. The smallest absolute Gasteiger partial charge is 0.251 e. The predicted molar refractivity (Wildman–Crippen MR) is 106 cm³/mol. The number of aromatic nitrogens is 1. The Labute approximate surface area is 158 Å². The van der Waals surface area contributed by atoms with E-state index in [1.165, 1.54) is 0 Å². The van der Waals surface area contributed by atoms with Gasteiger partial charge in [-0.25, -0.2) is 13.1 Å². The van der Waals surface area contributed by atoms with Gasteiger partial charge >= 0.3 is 0 Å². The molecule has 27 heavy (non-hydrogen) atoms. The highest BCUT2D eigenvalue weighted by Crippen LogP contribution is 2.21. The molecule has 0 fully saturated rings. The molecule has 0 unspecified atom stereocenters. The van der Waals surface area contributed by atoms with E-state index in [9.17, 15) is 13.2 Å². The monoisotopic (exact) mass is 386 g/mol. The maximum atomic E-state index is 12.5. The molecule has 3 aromatic rings. The van der Waals surface area contributed by atoms with Crippen molar-refractivity contribution in [1.29, 1.82) is 0 Å². The van der Waals surface area contributed by atoms with E-state index in [1.54, 1.807) is 39.2 Å². The summed E-state index contributed by atoms with van der Waals surface area (Å²) in [6.07, 6.45) is 0.544. The van der Waals surface area contributed by atoms with Crippen molar-refractivity contribution < 1.29 is 13.2 Å². The molecule has 0 aliphatic carbocycles. The normalized spacial score (nSPS) is 11.7. The second-order valence-corrected chi connectivity index (χ2v) is 8.22. The Morgan fingerprint density at radius 1 is 1.04 bits per heavy atom. The maximum Gasteiger partial charge on any atom is 0.251 e. The largest absolute Gasteiger partial charge is 0.497 e. The van der Waals surface area contributed by atoms with Crippen LogP contribution in [0.5, 0.6) is 5.75 Å². The summed E-state index contributed by atoms with van der Waals surface area (Å²) >= 11 is 0. The van der Waals surface area contributed by atoms with Gasteiger partial charge in [0.25, 0.3) is 5.56 Å². The van der Waals surface area contributed by atoms with Crippen LogP contribution in [0.15, 0.2) is 52.2 Å². The number of sulfonamides is 1. The average molecular weight is 386 g/mol.